The molecule has 126 valence electrons. The number of likely N-dealkylation sites (tertiary alicyclic amines) is 1. The summed E-state index contributed by atoms with van der Waals surface area (Å²) in [7, 11) is 6.41. The third-order valence-electron chi connectivity index (χ3n) is 5.27. The molecule has 0 aromatic heterocycles. The lowest BCUT2D eigenvalue weighted by atomic mass is 9.72. The fourth-order valence-corrected chi connectivity index (χ4v) is 4.32. The molecule has 2 aliphatic rings. The summed E-state index contributed by atoms with van der Waals surface area (Å²) in [6, 6.07) is 7.40. The van der Waals surface area contributed by atoms with Crippen LogP contribution in [0.15, 0.2) is 24.3 Å². The summed E-state index contributed by atoms with van der Waals surface area (Å²) in [6.07, 6.45) is 2.31. The highest BCUT2D eigenvalue weighted by Crippen LogP contribution is 2.38. The van der Waals surface area contributed by atoms with Gasteiger partial charge in [0.2, 0.25) is 0 Å². The minimum Gasteiger partial charge on any atom is -0.458 e. The van der Waals surface area contributed by atoms with Crippen molar-refractivity contribution in [1.82, 2.24) is 9.80 Å². The van der Waals surface area contributed by atoms with Gasteiger partial charge in [-0.2, -0.15) is 0 Å². The van der Waals surface area contributed by atoms with Crippen molar-refractivity contribution in [1.29, 1.82) is 0 Å². The topological polar surface area (TPSA) is 32.8 Å². The third kappa shape index (κ3) is 3.54. The molecule has 1 aliphatic heterocycles. The fourth-order valence-electron chi connectivity index (χ4n) is 4.19. The molecule has 2 fully saturated rings. The van der Waals surface area contributed by atoms with Crippen molar-refractivity contribution in [3.63, 3.8) is 0 Å². The van der Waals surface area contributed by atoms with Crippen LogP contribution >= 0.6 is 11.6 Å². The van der Waals surface area contributed by atoms with Crippen molar-refractivity contribution in [2.75, 3.05) is 34.2 Å². The van der Waals surface area contributed by atoms with Crippen molar-refractivity contribution < 1.29 is 9.53 Å². The Kier molecular flexibility index (Phi) is 4.95. The largest absolute Gasteiger partial charge is 0.458 e. The smallest absolute Gasteiger partial charge is 0.338 e. The van der Waals surface area contributed by atoms with E-state index in [-0.39, 0.29) is 12.1 Å². The molecule has 0 amide bonds. The minimum atomic E-state index is -0.231. The Morgan fingerprint density at radius 3 is 2.57 bits per heavy atom. The Morgan fingerprint density at radius 2 is 1.91 bits per heavy atom. The molecule has 2 unspecified atom stereocenters. The fraction of sp³-hybridized carbons (Fsp3) is 0.611. The van der Waals surface area contributed by atoms with Crippen LogP contribution in [0.25, 0.3) is 0 Å². The number of benzene rings is 1. The first-order chi connectivity index (χ1) is 11.0. The van der Waals surface area contributed by atoms with Gasteiger partial charge in [-0.3, -0.25) is 0 Å². The van der Waals surface area contributed by atoms with Crippen LogP contribution in [0.5, 0.6) is 0 Å². The van der Waals surface area contributed by atoms with Gasteiger partial charge in [0, 0.05) is 36.0 Å². The van der Waals surface area contributed by atoms with Crippen LogP contribution in [-0.2, 0) is 4.74 Å². The monoisotopic (exact) mass is 336 g/mol. The number of esters is 1. The summed E-state index contributed by atoms with van der Waals surface area (Å²) in [5.41, 5.74) is 0.577. The van der Waals surface area contributed by atoms with Crippen LogP contribution < -0.4 is 0 Å². The highest BCUT2D eigenvalue weighted by Gasteiger charge is 2.46. The molecule has 23 heavy (non-hydrogen) atoms. The molecule has 0 radical (unpaired) electrons. The lowest BCUT2D eigenvalue weighted by molar-refractivity contribution is -0.0873. The quantitative estimate of drug-likeness (QED) is 0.795. The number of halogens is 1. The van der Waals surface area contributed by atoms with Crippen molar-refractivity contribution in [3.05, 3.63) is 34.9 Å². The molecule has 0 N–H and O–H groups in total. The predicted octanol–water partition coefficient (Wildman–Crippen LogP) is 2.77. The molecular weight excluding hydrogens is 312 g/mol. The number of hydrogen-bond donors (Lipinski definition) is 0. The highest BCUT2D eigenvalue weighted by atomic mass is 35.5. The van der Waals surface area contributed by atoms with E-state index in [1.165, 1.54) is 6.42 Å². The van der Waals surface area contributed by atoms with Crippen LogP contribution in [0.4, 0.5) is 0 Å². The Hall–Kier alpha value is -1.10. The summed E-state index contributed by atoms with van der Waals surface area (Å²) in [5, 5.41) is 0.630. The molecule has 1 aliphatic carbocycles. The molecule has 2 bridgehead atoms. The van der Waals surface area contributed by atoms with Gasteiger partial charge in [0.1, 0.15) is 6.10 Å². The molecule has 4 nitrogen and oxygen atoms in total. The molecule has 1 aromatic carbocycles. The SMILES string of the molecule is CN1CC2CC[C@@H](N(C)C)C(C1)[C@@H]2OC(=O)c1ccc(Cl)cc1. The van der Waals surface area contributed by atoms with Gasteiger partial charge in [0.25, 0.3) is 0 Å². The van der Waals surface area contributed by atoms with E-state index in [9.17, 15) is 4.79 Å². The summed E-state index contributed by atoms with van der Waals surface area (Å²) in [4.78, 5) is 17.2. The van der Waals surface area contributed by atoms with Gasteiger partial charge in [0.15, 0.2) is 0 Å². The molecule has 5 heteroatoms. The zero-order valence-corrected chi connectivity index (χ0v) is 14.8. The minimum absolute atomic E-state index is 0.00975. The average Bonchev–Trinajstić information content (AvgIpc) is 2.48. The zero-order valence-electron chi connectivity index (χ0n) is 14.0. The first kappa shape index (κ1) is 16.7. The summed E-state index contributed by atoms with van der Waals surface area (Å²) < 4.78 is 5.98. The summed E-state index contributed by atoms with van der Waals surface area (Å²) in [5.74, 6) is 0.579. The van der Waals surface area contributed by atoms with Gasteiger partial charge >= 0.3 is 5.97 Å². The van der Waals surface area contributed by atoms with E-state index >= 15 is 0 Å². The third-order valence-corrected chi connectivity index (χ3v) is 5.52. The lowest BCUT2D eigenvalue weighted by Gasteiger charge is -2.50. The number of carbonyl (C=O) groups excluding carboxylic acids is 1. The maximum atomic E-state index is 12.5. The molecule has 3 rings (SSSR count). The number of hydrogen-bond acceptors (Lipinski definition) is 4. The Bertz CT molecular complexity index is 561. The van der Waals surface area contributed by atoms with Crippen LogP contribution in [-0.4, -0.2) is 62.1 Å². The van der Waals surface area contributed by atoms with Crippen LogP contribution in [0, 0.1) is 11.8 Å². The number of fused-ring (bicyclic) bond motifs is 2. The molecule has 1 aromatic rings. The zero-order chi connectivity index (χ0) is 16.6. The summed E-state index contributed by atoms with van der Waals surface area (Å²) in [6.45, 7) is 1.99. The van der Waals surface area contributed by atoms with Gasteiger partial charge in [-0.15, -0.1) is 0 Å². The second kappa shape index (κ2) is 6.80. The average molecular weight is 337 g/mol. The molecule has 1 heterocycles. The normalized spacial score (nSPS) is 31.2. The first-order valence-corrected chi connectivity index (χ1v) is 8.65. The number of ether oxygens (including phenoxy) is 1. The van der Waals surface area contributed by atoms with E-state index in [1.54, 1.807) is 24.3 Å². The van der Waals surface area contributed by atoms with E-state index in [0.29, 0.717) is 28.5 Å². The van der Waals surface area contributed by atoms with Crippen molar-refractivity contribution in [2.24, 2.45) is 11.8 Å². The Morgan fingerprint density at radius 1 is 1.22 bits per heavy atom. The maximum absolute atomic E-state index is 12.5. The number of carbonyl (C=O) groups is 1. The molecule has 4 atom stereocenters. The lowest BCUT2D eigenvalue weighted by Crippen LogP contribution is -2.59. The van der Waals surface area contributed by atoms with Crippen molar-refractivity contribution in [2.45, 2.75) is 25.0 Å². The Balaban J connectivity index is 1.77. The molecule has 1 saturated heterocycles. The second-order valence-electron chi connectivity index (χ2n) is 7.13. The molecule has 0 spiro atoms. The molecule has 1 saturated carbocycles. The van der Waals surface area contributed by atoms with Gasteiger partial charge in [-0.25, -0.2) is 4.79 Å². The molecular formula is C18H25ClN2O2. The highest BCUT2D eigenvalue weighted by molar-refractivity contribution is 6.30. The van der Waals surface area contributed by atoms with Crippen molar-refractivity contribution >= 4 is 17.6 Å². The Labute approximate surface area is 143 Å². The van der Waals surface area contributed by atoms with Gasteiger partial charge in [-0.1, -0.05) is 11.6 Å². The predicted molar refractivity (Wildman–Crippen MR) is 91.8 cm³/mol. The van der Waals surface area contributed by atoms with E-state index in [0.717, 1.165) is 19.5 Å². The van der Waals surface area contributed by atoms with Gasteiger partial charge in [-0.05, 0) is 58.3 Å². The van der Waals surface area contributed by atoms with Crippen molar-refractivity contribution in [3.8, 4) is 0 Å². The summed E-state index contributed by atoms with van der Waals surface area (Å²) >= 11 is 5.89. The van der Waals surface area contributed by atoms with E-state index in [4.69, 9.17) is 16.3 Å². The van der Waals surface area contributed by atoms with Gasteiger partial charge in [0.05, 0.1) is 5.56 Å². The number of rotatable bonds is 3. The van der Waals surface area contributed by atoms with Crippen LogP contribution in [0.3, 0.4) is 0 Å². The van der Waals surface area contributed by atoms with E-state index in [2.05, 4.69) is 30.9 Å². The van der Waals surface area contributed by atoms with Crippen LogP contribution in [0.2, 0.25) is 5.02 Å². The second-order valence-corrected chi connectivity index (χ2v) is 7.57. The standard InChI is InChI=1S/C18H25ClN2O2/c1-20(2)16-9-6-13-10-21(3)11-15(16)17(13)23-18(22)12-4-7-14(19)8-5-12/h4-5,7-8,13,15-17H,6,9-11H2,1-3H3/t13?,15?,16-,17-/m1/s1. The first-order valence-electron chi connectivity index (χ1n) is 8.27. The number of piperidine rings is 1. The van der Waals surface area contributed by atoms with Crippen LogP contribution in [0.1, 0.15) is 23.2 Å². The van der Waals surface area contributed by atoms with E-state index < -0.39 is 0 Å². The van der Waals surface area contributed by atoms with Gasteiger partial charge < -0.3 is 14.5 Å². The number of nitrogens with zero attached hydrogens (tertiary/aromatic N) is 2. The van der Waals surface area contributed by atoms with E-state index in [1.807, 2.05) is 0 Å². The maximum Gasteiger partial charge on any atom is 0.338 e.